The fourth-order valence-corrected chi connectivity index (χ4v) is 3.69. The van der Waals surface area contributed by atoms with Crippen molar-refractivity contribution >= 4 is 0 Å². The zero-order valence-corrected chi connectivity index (χ0v) is 17.1. The normalized spacial score (nSPS) is 16.2. The minimum atomic E-state index is -0.340. The van der Waals surface area contributed by atoms with E-state index in [4.69, 9.17) is 10.5 Å². The standard InChI is InChI=1S/C24H24N4O/c1-14-5-7-16(8-6-14)21-20-19(15-9-11-17(12-10-15)24(2,3)4)18(13-25)22(26)29-23(20)28-27-21/h5-12,19H,26H2,1-4H3,(H,27,28)/t19-/m0/s1. The maximum atomic E-state index is 9.84. The van der Waals surface area contributed by atoms with Crippen molar-refractivity contribution in [1.82, 2.24) is 10.2 Å². The first-order valence-electron chi connectivity index (χ1n) is 9.63. The van der Waals surface area contributed by atoms with Gasteiger partial charge in [0.05, 0.1) is 17.2 Å². The van der Waals surface area contributed by atoms with Gasteiger partial charge in [-0.05, 0) is 23.5 Å². The van der Waals surface area contributed by atoms with E-state index in [0.717, 1.165) is 22.4 Å². The Morgan fingerprint density at radius 1 is 1.07 bits per heavy atom. The zero-order chi connectivity index (χ0) is 20.8. The van der Waals surface area contributed by atoms with Crippen molar-refractivity contribution in [3.05, 3.63) is 82.2 Å². The van der Waals surface area contributed by atoms with E-state index < -0.39 is 0 Å². The van der Waals surface area contributed by atoms with E-state index in [1.807, 2.05) is 19.1 Å². The number of aryl methyl sites for hydroxylation is 1. The van der Waals surface area contributed by atoms with Crippen molar-refractivity contribution in [3.8, 4) is 23.2 Å². The second-order valence-corrected chi connectivity index (χ2v) is 8.48. The van der Waals surface area contributed by atoms with Crippen LogP contribution < -0.4 is 10.5 Å². The number of benzene rings is 2. The van der Waals surface area contributed by atoms with Crippen LogP contribution in [0.25, 0.3) is 11.3 Å². The van der Waals surface area contributed by atoms with Gasteiger partial charge in [-0.2, -0.15) is 5.26 Å². The Kier molecular flexibility index (Phi) is 4.43. The van der Waals surface area contributed by atoms with Gasteiger partial charge in [-0.3, -0.25) is 5.10 Å². The number of ether oxygens (including phenoxy) is 1. The van der Waals surface area contributed by atoms with Gasteiger partial charge in [0.15, 0.2) is 0 Å². The predicted molar refractivity (Wildman–Crippen MR) is 113 cm³/mol. The molecular formula is C24H24N4O. The van der Waals surface area contributed by atoms with Gasteiger partial charge in [0.25, 0.3) is 0 Å². The van der Waals surface area contributed by atoms with Gasteiger partial charge in [-0.15, -0.1) is 5.10 Å². The highest BCUT2D eigenvalue weighted by molar-refractivity contribution is 5.71. The molecule has 0 amide bonds. The largest absolute Gasteiger partial charge is 0.420 e. The Labute approximate surface area is 170 Å². The molecule has 1 aliphatic rings. The van der Waals surface area contributed by atoms with Gasteiger partial charge < -0.3 is 10.5 Å². The van der Waals surface area contributed by atoms with Crippen LogP contribution in [-0.2, 0) is 5.41 Å². The van der Waals surface area contributed by atoms with Crippen molar-refractivity contribution in [2.45, 2.75) is 39.0 Å². The van der Waals surface area contributed by atoms with Gasteiger partial charge in [-0.25, -0.2) is 0 Å². The van der Waals surface area contributed by atoms with Crippen LogP contribution in [0.3, 0.4) is 0 Å². The maximum Gasteiger partial charge on any atom is 0.244 e. The summed E-state index contributed by atoms with van der Waals surface area (Å²) in [5, 5.41) is 17.3. The predicted octanol–water partition coefficient (Wildman–Crippen LogP) is 4.90. The summed E-state index contributed by atoms with van der Waals surface area (Å²) in [5.41, 5.74) is 12.6. The molecule has 4 rings (SSSR count). The molecule has 0 fully saturated rings. The molecule has 0 radical (unpaired) electrons. The van der Waals surface area contributed by atoms with Crippen LogP contribution in [0.1, 0.15) is 48.9 Å². The number of nitriles is 1. The van der Waals surface area contributed by atoms with Crippen molar-refractivity contribution in [2.75, 3.05) is 0 Å². The van der Waals surface area contributed by atoms with Gasteiger partial charge in [0, 0.05) is 5.56 Å². The smallest absolute Gasteiger partial charge is 0.244 e. The Morgan fingerprint density at radius 2 is 1.72 bits per heavy atom. The Bertz CT molecular complexity index is 1120. The lowest BCUT2D eigenvalue weighted by atomic mass is 9.80. The van der Waals surface area contributed by atoms with E-state index in [-0.39, 0.29) is 17.2 Å². The number of aromatic amines is 1. The molecule has 0 saturated heterocycles. The molecule has 0 unspecified atom stereocenters. The number of fused-ring (bicyclic) bond motifs is 1. The topological polar surface area (TPSA) is 87.7 Å². The lowest BCUT2D eigenvalue weighted by Gasteiger charge is -2.25. The van der Waals surface area contributed by atoms with Gasteiger partial charge in [0.1, 0.15) is 11.6 Å². The van der Waals surface area contributed by atoms with Crippen LogP contribution in [0.2, 0.25) is 0 Å². The molecule has 0 aliphatic carbocycles. The first-order chi connectivity index (χ1) is 13.8. The fourth-order valence-electron chi connectivity index (χ4n) is 3.69. The molecule has 5 nitrogen and oxygen atoms in total. The lowest BCUT2D eigenvalue weighted by molar-refractivity contribution is 0.379. The van der Waals surface area contributed by atoms with E-state index in [0.29, 0.717) is 11.5 Å². The molecule has 1 atom stereocenters. The minimum Gasteiger partial charge on any atom is -0.420 e. The highest BCUT2D eigenvalue weighted by Gasteiger charge is 2.35. The van der Waals surface area contributed by atoms with Crippen molar-refractivity contribution in [1.29, 1.82) is 5.26 Å². The lowest BCUT2D eigenvalue weighted by Crippen LogP contribution is -2.21. The van der Waals surface area contributed by atoms with Crippen LogP contribution in [0.4, 0.5) is 0 Å². The SMILES string of the molecule is Cc1ccc(-c2[nH]nc3c2[C@@H](c2ccc(C(C)(C)C)cc2)C(C#N)=C(N)O3)cc1. The van der Waals surface area contributed by atoms with Crippen molar-refractivity contribution in [3.63, 3.8) is 0 Å². The summed E-state index contributed by atoms with van der Waals surface area (Å²) in [4.78, 5) is 0. The molecule has 3 aromatic rings. The quantitative estimate of drug-likeness (QED) is 0.658. The molecule has 3 N–H and O–H groups in total. The molecule has 0 spiro atoms. The van der Waals surface area contributed by atoms with Gasteiger partial charge in [-0.1, -0.05) is 74.9 Å². The summed E-state index contributed by atoms with van der Waals surface area (Å²) in [7, 11) is 0. The summed E-state index contributed by atoms with van der Waals surface area (Å²) in [6.07, 6.45) is 0. The average Bonchev–Trinajstić information content (AvgIpc) is 3.10. The zero-order valence-electron chi connectivity index (χ0n) is 17.1. The van der Waals surface area contributed by atoms with E-state index in [2.05, 4.69) is 73.4 Å². The van der Waals surface area contributed by atoms with E-state index >= 15 is 0 Å². The summed E-state index contributed by atoms with van der Waals surface area (Å²) < 4.78 is 5.68. The van der Waals surface area contributed by atoms with Crippen LogP contribution in [0.5, 0.6) is 5.88 Å². The monoisotopic (exact) mass is 384 g/mol. The number of H-pyrrole nitrogens is 1. The number of allylic oxidation sites excluding steroid dienone is 1. The second-order valence-electron chi connectivity index (χ2n) is 8.48. The number of nitrogens with one attached hydrogen (secondary N) is 1. The first kappa shape index (κ1) is 18.8. The van der Waals surface area contributed by atoms with Crippen molar-refractivity contribution < 1.29 is 4.74 Å². The molecule has 1 aromatic heterocycles. The third-order valence-electron chi connectivity index (χ3n) is 5.39. The Balaban J connectivity index is 1.88. The molecular weight excluding hydrogens is 360 g/mol. The number of hydrogen-bond acceptors (Lipinski definition) is 4. The number of nitrogens with two attached hydrogens (primary N) is 1. The van der Waals surface area contributed by atoms with Crippen LogP contribution in [0.15, 0.2) is 60.0 Å². The summed E-state index contributed by atoms with van der Waals surface area (Å²) in [5.74, 6) is 0.182. The molecule has 2 aromatic carbocycles. The molecule has 0 saturated carbocycles. The molecule has 2 heterocycles. The highest BCUT2D eigenvalue weighted by Crippen LogP contribution is 2.45. The molecule has 146 valence electrons. The number of hydrogen-bond donors (Lipinski definition) is 2. The molecule has 1 aliphatic heterocycles. The first-order valence-corrected chi connectivity index (χ1v) is 9.63. The number of rotatable bonds is 2. The minimum absolute atomic E-state index is 0.0506. The molecule has 5 heteroatoms. The average molecular weight is 384 g/mol. The van der Waals surface area contributed by atoms with Gasteiger partial charge >= 0.3 is 0 Å². The maximum absolute atomic E-state index is 9.84. The fraction of sp³-hybridized carbons (Fsp3) is 0.250. The van der Waals surface area contributed by atoms with Crippen LogP contribution in [0, 0.1) is 18.3 Å². The van der Waals surface area contributed by atoms with E-state index in [9.17, 15) is 5.26 Å². The van der Waals surface area contributed by atoms with Gasteiger partial charge in [0.2, 0.25) is 11.8 Å². The summed E-state index contributed by atoms with van der Waals surface area (Å²) in [6.45, 7) is 8.59. The van der Waals surface area contributed by atoms with E-state index in [1.54, 1.807) is 0 Å². The van der Waals surface area contributed by atoms with E-state index in [1.165, 1.54) is 11.1 Å². The number of nitrogens with zero attached hydrogens (tertiary/aromatic N) is 2. The third kappa shape index (κ3) is 3.27. The third-order valence-corrected chi connectivity index (χ3v) is 5.39. The Morgan fingerprint density at radius 3 is 2.31 bits per heavy atom. The number of aromatic nitrogens is 2. The van der Waals surface area contributed by atoms with Crippen LogP contribution in [-0.4, -0.2) is 10.2 Å². The van der Waals surface area contributed by atoms with Crippen molar-refractivity contribution in [2.24, 2.45) is 5.73 Å². The highest BCUT2D eigenvalue weighted by atomic mass is 16.5. The van der Waals surface area contributed by atoms with Crippen LogP contribution >= 0.6 is 0 Å². The molecule has 29 heavy (non-hydrogen) atoms. The summed E-state index contributed by atoms with van der Waals surface area (Å²) in [6, 6.07) is 18.8. The Hall–Kier alpha value is -3.52. The molecule has 0 bridgehead atoms. The second kappa shape index (κ2) is 6.82. The summed E-state index contributed by atoms with van der Waals surface area (Å²) >= 11 is 0.